The molecule has 0 aromatic rings. The summed E-state index contributed by atoms with van der Waals surface area (Å²) in [5, 5.41) is 3.68. The van der Waals surface area contributed by atoms with Gasteiger partial charge in [-0.25, -0.2) is 0 Å². The van der Waals surface area contributed by atoms with E-state index in [9.17, 15) is 0 Å². The van der Waals surface area contributed by atoms with Gasteiger partial charge in [-0.05, 0) is 33.2 Å². The van der Waals surface area contributed by atoms with Crippen LogP contribution in [0.2, 0.25) is 0 Å². The molecule has 1 aliphatic carbocycles. The second-order valence-electron chi connectivity index (χ2n) is 6.09. The first-order valence-electron chi connectivity index (χ1n) is 7.24. The molecule has 0 bridgehead atoms. The summed E-state index contributed by atoms with van der Waals surface area (Å²) in [4.78, 5) is 2.66. The zero-order valence-corrected chi connectivity index (χ0v) is 11.7. The van der Waals surface area contributed by atoms with Crippen molar-refractivity contribution in [3.63, 3.8) is 0 Å². The van der Waals surface area contributed by atoms with Gasteiger partial charge < -0.3 is 10.1 Å². The van der Waals surface area contributed by atoms with E-state index in [1.54, 1.807) is 0 Å². The van der Waals surface area contributed by atoms with Crippen molar-refractivity contribution in [3.8, 4) is 0 Å². The number of hydrogen-bond donors (Lipinski definition) is 1. The standard InChI is InChI=1S/C14H28N2O/c1-4-15-12-7-5-6-8-13(12)16-9-10-17-14(2,3)11-16/h12-13,15H,4-11H2,1-3H3. The molecule has 0 radical (unpaired) electrons. The van der Waals surface area contributed by atoms with Crippen molar-refractivity contribution in [2.24, 2.45) is 0 Å². The molecule has 1 aliphatic heterocycles. The number of likely N-dealkylation sites (N-methyl/N-ethyl adjacent to an activating group) is 1. The second kappa shape index (κ2) is 5.68. The lowest BCUT2D eigenvalue weighted by atomic mass is 9.88. The van der Waals surface area contributed by atoms with Crippen LogP contribution in [0, 0.1) is 0 Å². The molecule has 1 saturated heterocycles. The SMILES string of the molecule is CCNC1CCCCC1N1CCOC(C)(C)C1. The highest BCUT2D eigenvalue weighted by Crippen LogP contribution is 2.27. The van der Waals surface area contributed by atoms with Crippen LogP contribution in [0.25, 0.3) is 0 Å². The first-order valence-corrected chi connectivity index (χ1v) is 7.24. The molecule has 1 saturated carbocycles. The van der Waals surface area contributed by atoms with Gasteiger partial charge in [-0.3, -0.25) is 4.90 Å². The number of hydrogen-bond acceptors (Lipinski definition) is 3. The Hall–Kier alpha value is -0.120. The number of nitrogens with one attached hydrogen (secondary N) is 1. The maximum Gasteiger partial charge on any atom is 0.0753 e. The molecule has 0 aromatic heterocycles. The van der Waals surface area contributed by atoms with Crippen LogP contribution in [0.3, 0.4) is 0 Å². The normalized spacial score (nSPS) is 34.8. The van der Waals surface area contributed by atoms with Gasteiger partial charge in [0.05, 0.1) is 12.2 Å². The molecule has 2 fully saturated rings. The Morgan fingerprint density at radius 2 is 2.06 bits per heavy atom. The summed E-state index contributed by atoms with van der Waals surface area (Å²) in [7, 11) is 0. The fourth-order valence-electron chi connectivity index (χ4n) is 3.38. The van der Waals surface area contributed by atoms with Crippen molar-refractivity contribution in [2.45, 2.75) is 64.1 Å². The minimum atomic E-state index is 0.0342. The molecule has 2 aliphatic rings. The largest absolute Gasteiger partial charge is 0.373 e. The van der Waals surface area contributed by atoms with Crippen LogP contribution in [0.1, 0.15) is 46.5 Å². The van der Waals surface area contributed by atoms with E-state index >= 15 is 0 Å². The van der Waals surface area contributed by atoms with Crippen LogP contribution < -0.4 is 5.32 Å². The average molecular weight is 240 g/mol. The van der Waals surface area contributed by atoms with Gasteiger partial charge in [0.25, 0.3) is 0 Å². The Morgan fingerprint density at radius 1 is 1.29 bits per heavy atom. The van der Waals surface area contributed by atoms with Crippen molar-refractivity contribution >= 4 is 0 Å². The summed E-state index contributed by atoms with van der Waals surface area (Å²) < 4.78 is 5.82. The van der Waals surface area contributed by atoms with Crippen LogP contribution in [-0.4, -0.2) is 48.8 Å². The van der Waals surface area contributed by atoms with Gasteiger partial charge in [0.1, 0.15) is 0 Å². The highest BCUT2D eigenvalue weighted by Gasteiger charge is 2.35. The van der Waals surface area contributed by atoms with Crippen molar-refractivity contribution in [1.82, 2.24) is 10.2 Å². The Labute approximate surface area is 106 Å². The summed E-state index contributed by atoms with van der Waals surface area (Å²) in [6.45, 7) is 10.8. The third kappa shape index (κ3) is 3.43. The third-order valence-corrected chi connectivity index (χ3v) is 4.12. The molecule has 3 nitrogen and oxygen atoms in total. The molecule has 100 valence electrons. The highest BCUT2D eigenvalue weighted by atomic mass is 16.5. The Balaban J connectivity index is 1.98. The number of rotatable bonds is 3. The highest BCUT2D eigenvalue weighted by molar-refractivity contribution is 4.92. The summed E-state index contributed by atoms with van der Waals surface area (Å²) in [5.41, 5.74) is 0.0342. The minimum absolute atomic E-state index is 0.0342. The molecular formula is C14H28N2O. The molecule has 0 spiro atoms. The molecule has 2 unspecified atom stereocenters. The zero-order chi connectivity index (χ0) is 12.3. The lowest BCUT2D eigenvalue weighted by Crippen LogP contribution is -2.58. The number of ether oxygens (including phenoxy) is 1. The topological polar surface area (TPSA) is 24.5 Å². The van der Waals surface area contributed by atoms with Gasteiger partial charge in [-0.1, -0.05) is 19.8 Å². The predicted molar refractivity (Wildman–Crippen MR) is 71.3 cm³/mol. The third-order valence-electron chi connectivity index (χ3n) is 4.12. The lowest BCUT2D eigenvalue weighted by molar-refractivity contribution is -0.103. The zero-order valence-electron chi connectivity index (χ0n) is 11.7. The fraction of sp³-hybridized carbons (Fsp3) is 1.00. The van der Waals surface area contributed by atoms with E-state index in [1.807, 2.05) is 0 Å². The van der Waals surface area contributed by atoms with Gasteiger partial charge in [0, 0.05) is 25.2 Å². The Morgan fingerprint density at radius 3 is 2.76 bits per heavy atom. The summed E-state index contributed by atoms with van der Waals surface area (Å²) in [5.74, 6) is 0. The molecule has 2 atom stereocenters. The monoisotopic (exact) mass is 240 g/mol. The second-order valence-corrected chi connectivity index (χ2v) is 6.09. The minimum Gasteiger partial charge on any atom is -0.373 e. The molecule has 0 amide bonds. The van der Waals surface area contributed by atoms with Gasteiger partial charge in [0.15, 0.2) is 0 Å². The van der Waals surface area contributed by atoms with Crippen molar-refractivity contribution in [2.75, 3.05) is 26.2 Å². The van der Waals surface area contributed by atoms with Crippen LogP contribution in [-0.2, 0) is 4.74 Å². The van der Waals surface area contributed by atoms with Crippen LogP contribution >= 0.6 is 0 Å². The Kier molecular flexibility index (Phi) is 4.45. The van der Waals surface area contributed by atoms with Crippen LogP contribution in [0.4, 0.5) is 0 Å². The molecule has 2 rings (SSSR count). The Bertz CT molecular complexity index is 240. The van der Waals surface area contributed by atoms with E-state index in [1.165, 1.54) is 25.7 Å². The van der Waals surface area contributed by atoms with Crippen molar-refractivity contribution in [3.05, 3.63) is 0 Å². The van der Waals surface area contributed by atoms with E-state index in [0.717, 1.165) is 32.3 Å². The van der Waals surface area contributed by atoms with E-state index in [2.05, 4.69) is 31.0 Å². The molecule has 17 heavy (non-hydrogen) atoms. The van der Waals surface area contributed by atoms with E-state index < -0.39 is 0 Å². The molecular weight excluding hydrogens is 212 g/mol. The van der Waals surface area contributed by atoms with Gasteiger partial charge in [-0.2, -0.15) is 0 Å². The fourth-order valence-corrected chi connectivity index (χ4v) is 3.38. The van der Waals surface area contributed by atoms with E-state index in [-0.39, 0.29) is 5.60 Å². The molecule has 1 N–H and O–H groups in total. The van der Waals surface area contributed by atoms with Crippen LogP contribution in [0.15, 0.2) is 0 Å². The van der Waals surface area contributed by atoms with Gasteiger partial charge >= 0.3 is 0 Å². The average Bonchev–Trinajstić information content (AvgIpc) is 2.29. The summed E-state index contributed by atoms with van der Waals surface area (Å²) in [6.07, 6.45) is 5.48. The summed E-state index contributed by atoms with van der Waals surface area (Å²) >= 11 is 0. The lowest BCUT2D eigenvalue weighted by Gasteiger charge is -2.46. The van der Waals surface area contributed by atoms with Gasteiger partial charge in [-0.15, -0.1) is 0 Å². The first kappa shape index (κ1) is 13.3. The molecule has 1 heterocycles. The maximum atomic E-state index is 5.82. The smallest absolute Gasteiger partial charge is 0.0753 e. The van der Waals surface area contributed by atoms with Crippen LogP contribution in [0.5, 0.6) is 0 Å². The van der Waals surface area contributed by atoms with E-state index in [4.69, 9.17) is 4.74 Å². The molecule has 0 aromatic carbocycles. The number of morpholine rings is 1. The summed E-state index contributed by atoms with van der Waals surface area (Å²) in [6, 6.07) is 1.43. The first-order chi connectivity index (χ1) is 8.12. The predicted octanol–water partition coefficient (Wildman–Crippen LogP) is 2.02. The van der Waals surface area contributed by atoms with E-state index in [0.29, 0.717) is 6.04 Å². The number of nitrogens with zero attached hydrogens (tertiary/aromatic N) is 1. The van der Waals surface area contributed by atoms with Crippen molar-refractivity contribution < 1.29 is 4.74 Å². The quantitative estimate of drug-likeness (QED) is 0.817. The maximum absolute atomic E-state index is 5.82. The molecule has 3 heteroatoms. The van der Waals surface area contributed by atoms with Gasteiger partial charge in [0.2, 0.25) is 0 Å². The van der Waals surface area contributed by atoms with Crippen molar-refractivity contribution in [1.29, 1.82) is 0 Å².